The van der Waals surface area contributed by atoms with Gasteiger partial charge in [-0.25, -0.2) is 0 Å². The van der Waals surface area contributed by atoms with Crippen LogP contribution in [0.3, 0.4) is 0 Å². The molecule has 1 aromatic rings. The summed E-state index contributed by atoms with van der Waals surface area (Å²) in [6, 6.07) is 6.72. The van der Waals surface area contributed by atoms with Gasteiger partial charge in [-0.1, -0.05) is 23.8 Å². The lowest BCUT2D eigenvalue weighted by molar-refractivity contribution is -0.141. The Hall–Kier alpha value is -1.35. The highest BCUT2D eigenvalue weighted by atomic mass is 16.5. The summed E-state index contributed by atoms with van der Waals surface area (Å²) in [6.45, 7) is 4.22. The second-order valence-electron chi connectivity index (χ2n) is 4.95. The third kappa shape index (κ3) is 3.84. The lowest BCUT2D eigenvalue weighted by Gasteiger charge is -2.26. The van der Waals surface area contributed by atoms with Crippen LogP contribution in [0.5, 0.6) is 0 Å². The predicted octanol–water partition coefficient (Wildman–Crippen LogP) is 2.86. The molecule has 0 aliphatic carbocycles. The van der Waals surface area contributed by atoms with Crippen LogP contribution in [-0.2, 0) is 9.53 Å². The van der Waals surface area contributed by atoms with Gasteiger partial charge in [-0.05, 0) is 45.5 Å². The van der Waals surface area contributed by atoms with E-state index >= 15 is 0 Å². The van der Waals surface area contributed by atoms with E-state index in [1.165, 1.54) is 23.8 Å². The number of nitrogens with zero attached hydrogens (tertiary/aromatic N) is 1. The third-order valence-corrected chi connectivity index (χ3v) is 3.26. The Kier molecular flexibility index (Phi) is 5.35. The molecule has 0 saturated carbocycles. The third-order valence-electron chi connectivity index (χ3n) is 3.26. The Bertz CT molecular complexity index is 413. The molecule has 0 amide bonds. The molecule has 1 atom stereocenters. The number of benzene rings is 1. The molecule has 0 aliphatic heterocycles. The number of hydrogen-bond acceptors (Lipinski definition) is 3. The van der Waals surface area contributed by atoms with Gasteiger partial charge >= 0.3 is 5.97 Å². The summed E-state index contributed by atoms with van der Waals surface area (Å²) >= 11 is 0. The molecule has 0 aromatic heterocycles. The zero-order chi connectivity index (χ0) is 13.7. The van der Waals surface area contributed by atoms with Crippen molar-refractivity contribution in [1.82, 2.24) is 4.90 Å². The molecule has 0 N–H and O–H groups in total. The lowest BCUT2D eigenvalue weighted by Crippen LogP contribution is -2.22. The molecule has 0 spiro atoms. The monoisotopic (exact) mass is 249 g/mol. The van der Waals surface area contributed by atoms with E-state index < -0.39 is 0 Å². The Balaban J connectivity index is 2.87. The normalized spacial score (nSPS) is 12.6. The Morgan fingerprint density at radius 2 is 2.00 bits per heavy atom. The summed E-state index contributed by atoms with van der Waals surface area (Å²) in [4.78, 5) is 13.4. The number of hydrogen-bond donors (Lipinski definition) is 0. The van der Waals surface area contributed by atoms with Gasteiger partial charge in [0.25, 0.3) is 0 Å². The maximum absolute atomic E-state index is 11.3. The number of rotatable bonds is 5. The van der Waals surface area contributed by atoms with Crippen LogP contribution in [0, 0.1) is 13.8 Å². The van der Waals surface area contributed by atoms with Gasteiger partial charge in [0.1, 0.15) is 0 Å². The minimum atomic E-state index is -0.147. The van der Waals surface area contributed by atoms with E-state index in [1.807, 2.05) is 14.1 Å². The molecule has 18 heavy (non-hydrogen) atoms. The number of carbonyl (C=O) groups is 1. The molecule has 0 saturated heterocycles. The van der Waals surface area contributed by atoms with Crippen molar-refractivity contribution < 1.29 is 9.53 Å². The van der Waals surface area contributed by atoms with E-state index in [2.05, 4.69) is 36.9 Å². The summed E-state index contributed by atoms with van der Waals surface area (Å²) < 4.78 is 4.71. The zero-order valence-electron chi connectivity index (χ0n) is 12.0. The fraction of sp³-hybridized carbons (Fsp3) is 0.533. The first-order chi connectivity index (χ1) is 8.45. The number of aryl methyl sites for hydroxylation is 2. The topological polar surface area (TPSA) is 29.5 Å². The molecule has 0 bridgehead atoms. The number of esters is 1. The van der Waals surface area contributed by atoms with Crippen LogP contribution in [0.4, 0.5) is 0 Å². The predicted molar refractivity (Wildman–Crippen MR) is 73.6 cm³/mol. The second kappa shape index (κ2) is 6.55. The quantitative estimate of drug-likeness (QED) is 0.751. The van der Waals surface area contributed by atoms with Gasteiger partial charge in [0.2, 0.25) is 0 Å². The van der Waals surface area contributed by atoms with Gasteiger partial charge in [-0.2, -0.15) is 0 Å². The summed E-state index contributed by atoms with van der Waals surface area (Å²) in [5, 5.41) is 0. The molecule has 1 aromatic carbocycles. The van der Waals surface area contributed by atoms with Crippen LogP contribution < -0.4 is 0 Å². The van der Waals surface area contributed by atoms with Crippen molar-refractivity contribution in [3.8, 4) is 0 Å². The first-order valence-corrected chi connectivity index (χ1v) is 6.26. The summed E-state index contributed by atoms with van der Waals surface area (Å²) in [5.41, 5.74) is 3.83. The van der Waals surface area contributed by atoms with Crippen molar-refractivity contribution in [1.29, 1.82) is 0 Å². The highest BCUT2D eigenvalue weighted by Crippen LogP contribution is 2.27. The van der Waals surface area contributed by atoms with Gasteiger partial charge in [-0.15, -0.1) is 0 Å². The maximum atomic E-state index is 11.3. The molecule has 100 valence electrons. The van der Waals surface area contributed by atoms with Crippen LogP contribution in [0.1, 0.15) is 35.6 Å². The smallest absolute Gasteiger partial charge is 0.305 e. The summed E-state index contributed by atoms with van der Waals surface area (Å²) in [5.74, 6) is -0.147. The first kappa shape index (κ1) is 14.7. The van der Waals surface area contributed by atoms with E-state index in [-0.39, 0.29) is 12.0 Å². The molecular weight excluding hydrogens is 226 g/mol. The van der Waals surface area contributed by atoms with E-state index in [4.69, 9.17) is 4.74 Å². The Morgan fingerprint density at radius 1 is 1.33 bits per heavy atom. The highest BCUT2D eigenvalue weighted by Gasteiger charge is 2.17. The largest absolute Gasteiger partial charge is 0.469 e. The van der Waals surface area contributed by atoms with Crippen LogP contribution in [0.25, 0.3) is 0 Å². The maximum Gasteiger partial charge on any atom is 0.305 e. The SMILES string of the molecule is COC(=O)CCC(c1ccc(C)cc1C)N(C)C. The van der Waals surface area contributed by atoms with Gasteiger partial charge in [0.15, 0.2) is 0 Å². The molecule has 0 aliphatic rings. The van der Waals surface area contributed by atoms with E-state index in [0.29, 0.717) is 6.42 Å². The molecule has 1 unspecified atom stereocenters. The van der Waals surface area contributed by atoms with Gasteiger partial charge in [0.05, 0.1) is 7.11 Å². The van der Waals surface area contributed by atoms with Crippen LogP contribution in [-0.4, -0.2) is 32.1 Å². The molecule has 0 heterocycles. The van der Waals surface area contributed by atoms with Crippen molar-refractivity contribution in [2.24, 2.45) is 0 Å². The lowest BCUT2D eigenvalue weighted by atomic mass is 9.95. The fourth-order valence-electron chi connectivity index (χ4n) is 2.25. The molecule has 0 radical (unpaired) electrons. The average molecular weight is 249 g/mol. The van der Waals surface area contributed by atoms with E-state index in [9.17, 15) is 4.79 Å². The minimum absolute atomic E-state index is 0.147. The second-order valence-corrected chi connectivity index (χ2v) is 4.95. The van der Waals surface area contributed by atoms with Crippen LogP contribution in [0.15, 0.2) is 18.2 Å². The highest BCUT2D eigenvalue weighted by molar-refractivity contribution is 5.69. The molecule has 3 nitrogen and oxygen atoms in total. The van der Waals surface area contributed by atoms with Crippen LogP contribution >= 0.6 is 0 Å². The molecular formula is C15H23NO2. The average Bonchev–Trinajstić information content (AvgIpc) is 2.31. The minimum Gasteiger partial charge on any atom is -0.469 e. The van der Waals surface area contributed by atoms with Gasteiger partial charge in [-0.3, -0.25) is 4.79 Å². The van der Waals surface area contributed by atoms with Gasteiger partial charge in [0, 0.05) is 12.5 Å². The van der Waals surface area contributed by atoms with Crippen molar-refractivity contribution >= 4 is 5.97 Å². The summed E-state index contributed by atoms with van der Waals surface area (Å²) in [6.07, 6.45) is 1.23. The van der Waals surface area contributed by atoms with E-state index in [1.54, 1.807) is 0 Å². The number of ether oxygens (including phenoxy) is 1. The number of methoxy groups -OCH3 is 1. The molecule has 3 heteroatoms. The molecule has 1 rings (SSSR count). The van der Waals surface area contributed by atoms with Crippen molar-refractivity contribution in [3.05, 3.63) is 34.9 Å². The standard InChI is InChI=1S/C15H23NO2/c1-11-6-7-13(12(2)10-11)14(16(3)4)8-9-15(17)18-5/h6-7,10,14H,8-9H2,1-5H3. The van der Waals surface area contributed by atoms with Crippen molar-refractivity contribution in [2.75, 3.05) is 21.2 Å². The fourth-order valence-corrected chi connectivity index (χ4v) is 2.25. The first-order valence-electron chi connectivity index (χ1n) is 6.26. The Labute approximate surface area is 110 Å². The summed E-state index contributed by atoms with van der Waals surface area (Å²) in [7, 11) is 5.52. The van der Waals surface area contributed by atoms with Gasteiger partial charge < -0.3 is 9.64 Å². The van der Waals surface area contributed by atoms with Crippen molar-refractivity contribution in [3.63, 3.8) is 0 Å². The van der Waals surface area contributed by atoms with E-state index in [0.717, 1.165) is 6.42 Å². The number of carbonyl (C=O) groups excluding carboxylic acids is 1. The molecule has 0 fully saturated rings. The van der Waals surface area contributed by atoms with Crippen LogP contribution in [0.2, 0.25) is 0 Å². The Morgan fingerprint density at radius 3 is 2.50 bits per heavy atom. The van der Waals surface area contributed by atoms with Crippen molar-refractivity contribution in [2.45, 2.75) is 32.7 Å². The zero-order valence-corrected chi connectivity index (χ0v) is 12.0.